The highest BCUT2D eigenvalue weighted by Crippen LogP contribution is 2.21. The van der Waals surface area contributed by atoms with E-state index in [1.165, 1.54) is 6.07 Å². The quantitative estimate of drug-likeness (QED) is 0.644. The lowest BCUT2D eigenvalue weighted by atomic mass is 9.94. The van der Waals surface area contributed by atoms with Gasteiger partial charge in [-0.05, 0) is 31.0 Å². The minimum Gasteiger partial charge on any atom is -0.339 e. The number of nitrogens with one attached hydrogen (secondary N) is 1. The first-order valence-corrected chi connectivity index (χ1v) is 7.31. The number of carbonyl (C=O) groups excluding carboxylic acids is 1. The van der Waals surface area contributed by atoms with Gasteiger partial charge in [-0.15, -0.1) is 18.2 Å². The number of hydrogen-bond acceptors (Lipinski definition) is 2. The van der Waals surface area contributed by atoms with Gasteiger partial charge in [-0.1, -0.05) is 19.8 Å². The average Bonchev–Trinajstić information content (AvgIpc) is 2.46. The maximum absolute atomic E-state index is 13.0. The van der Waals surface area contributed by atoms with E-state index in [1.807, 2.05) is 13.8 Å². The molecule has 0 radical (unpaired) electrons. The molecule has 20 heavy (non-hydrogen) atoms. The average molecular weight is 297 g/mol. The maximum Gasteiger partial charge on any atom is 0.231 e. The number of thioether (sulfide) groups is 1. The molecule has 0 aliphatic carbocycles. The van der Waals surface area contributed by atoms with Crippen LogP contribution < -0.4 is 5.32 Å². The highest BCUT2D eigenvalue weighted by atomic mass is 32.2. The summed E-state index contributed by atoms with van der Waals surface area (Å²) in [6, 6.07) is 3.55. The summed E-state index contributed by atoms with van der Waals surface area (Å²) in [5, 5.41) is 2.81. The fraction of sp³-hybridized carbons (Fsp3) is 0.400. The molecule has 0 aliphatic heterocycles. The number of hydrogen-bond donors (Lipinski definition) is 1. The molecule has 1 rings (SSSR count). The van der Waals surface area contributed by atoms with Crippen molar-refractivity contribution >= 4 is 17.7 Å². The second kappa shape index (κ2) is 7.30. The van der Waals surface area contributed by atoms with E-state index in [4.69, 9.17) is 6.42 Å². The molecule has 0 bridgehead atoms. The Morgan fingerprint density at radius 3 is 2.50 bits per heavy atom. The van der Waals surface area contributed by atoms with Gasteiger partial charge in [0, 0.05) is 4.90 Å². The molecule has 2 nitrogen and oxygen atoms in total. The van der Waals surface area contributed by atoms with Crippen LogP contribution in [0, 0.1) is 24.0 Å². The molecule has 1 aromatic rings. The molecule has 0 saturated heterocycles. The van der Waals surface area contributed by atoms with Crippen LogP contribution in [-0.2, 0) is 4.79 Å². The zero-order chi connectivity index (χ0) is 15.2. The van der Waals surface area contributed by atoms with Crippen molar-refractivity contribution in [1.29, 1.82) is 0 Å². The Labute approximate surface area is 122 Å². The van der Waals surface area contributed by atoms with E-state index in [2.05, 4.69) is 11.2 Å². The van der Waals surface area contributed by atoms with Crippen molar-refractivity contribution in [1.82, 2.24) is 5.32 Å². The van der Waals surface area contributed by atoms with Crippen LogP contribution in [-0.4, -0.2) is 17.2 Å². The molecule has 0 atom stereocenters. The summed E-state index contributed by atoms with van der Waals surface area (Å²) in [5.41, 5.74) is -0.633. The number of carbonyl (C=O) groups is 1. The molecular weight excluding hydrogens is 280 g/mol. The van der Waals surface area contributed by atoms with E-state index in [1.54, 1.807) is 0 Å². The van der Waals surface area contributed by atoms with Gasteiger partial charge in [0.1, 0.15) is 5.54 Å². The standard InChI is InChI=1S/C15H17F2NOS/c1-4-15(5-2,6-3)18-14(19)10-20-11-7-8-12(16)13(17)9-11/h1,7-9H,5-6,10H2,2-3H3,(H,18,19). The van der Waals surface area contributed by atoms with E-state index in [0.29, 0.717) is 17.7 Å². The molecule has 5 heteroatoms. The zero-order valence-corrected chi connectivity index (χ0v) is 12.3. The SMILES string of the molecule is C#CC(CC)(CC)NC(=O)CSc1ccc(F)c(F)c1. The highest BCUT2D eigenvalue weighted by Gasteiger charge is 2.25. The maximum atomic E-state index is 13.0. The summed E-state index contributed by atoms with van der Waals surface area (Å²) in [5.74, 6) is 0.673. The Hall–Kier alpha value is -1.54. The van der Waals surface area contributed by atoms with Crippen molar-refractivity contribution in [2.24, 2.45) is 0 Å². The minimum absolute atomic E-state index is 0.106. The van der Waals surface area contributed by atoms with E-state index >= 15 is 0 Å². The number of halogens is 2. The van der Waals surface area contributed by atoms with Crippen molar-refractivity contribution in [2.45, 2.75) is 37.1 Å². The summed E-state index contributed by atoms with van der Waals surface area (Å²) in [4.78, 5) is 12.4. The summed E-state index contributed by atoms with van der Waals surface area (Å²) < 4.78 is 25.8. The molecule has 1 aromatic carbocycles. The second-order valence-corrected chi connectivity index (χ2v) is 5.40. The number of terminal acetylenes is 1. The molecule has 0 spiro atoms. The van der Waals surface area contributed by atoms with Gasteiger partial charge in [-0.2, -0.15) is 0 Å². The van der Waals surface area contributed by atoms with Crippen molar-refractivity contribution in [2.75, 3.05) is 5.75 Å². The van der Waals surface area contributed by atoms with Gasteiger partial charge in [0.05, 0.1) is 5.75 Å². The van der Waals surface area contributed by atoms with Crippen molar-refractivity contribution < 1.29 is 13.6 Å². The Morgan fingerprint density at radius 2 is 2.00 bits per heavy atom. The largest absolute Gasteiger partial charge is 0.339 e. The number of benzene rings is 1. The lowest BCUT2D eigenvalue weighted by molar-refractivity contribution is -0.119. The fourth-order valence-corrected chi connectivity index (χ4v) is 2.41. The van der Waals surface area contributed by atoms with Gasteiger partial charge in [-0.3, -0.25) is 4.79 Å². The van der Waals surface area contributed by atoms with Crippen LogP contribution in [0.4, 0.5) is 8.78 Å². The number of amides is 1. The first-order chi connectivity index (χ1) is 9.46. The zero-order valence-electron chi connectivity index (χ0n) is 11.5. The van der Waals surface area contributed by atoms with Crippen LogP contribution >= 0.6 is 11.8 Å². The van der Waals surface area contributed by atoms with Gasteiger partial charge >= 0.3 is 0 Å². The highest BCUT2D eigenvalue weighted by molar-refractivity contribution is 8.00. The molecule has 0 aliphatic rings. The predicted molar refractivity (Wildman–Crippen MR) is 77.4 cm³/mol. The molecule has 0 unspecified atom stereocenters. The summed E-state index contributed by atoms with van der Waals surface area (Å²) in [7, 11) is 0. The van der Waals surface area contributed by atoms with Crippen molar-refractivity contribution in [3.05, 3.63) is 29.8 Å². The van der Waals surface area contributed by atoms with Crippen LogP contribution in [0.1, 0.15) is 26.7 Å². The van der Waals surface area contributed by atoms with Gasteiger partial charge in [0.15, 0.2) is 11.6 Å². The van der Waals surface area contributed by atoms with E-state index in [-0.39, 0.29) is 11.7 Å². The van der Waals surface area contributed by atoms with Gasteiger partial charge < -0.3 is 5.32 Å². The van der Waals surface area contributed by atoms with Crippen LogP contribution in [0.3, 0.4) is 0 Å². The number of rotatable bonds is 6. The molecule has 108 valence electrons. The topological polar surface area (TPSA) is 29.1 Å². The van der Waals surface area contributed by atoms with Crippen LogP contribution in [0.5, 0.6) is 0 Å². The molecule has 1 N–H and O–H groups in total. The molecule has 1 amide bonds. The molecule has 0 saturated carbocycles. The third-order valence-electron chi connectivity index (χ3n) is 3.12. The van der Waals surface area contributed by atoms with Crippen molar-refractivity contribution in [3.8, 4) is 12.3 Å². The smallest absolute Gasteiger partial charge is 0.231 e. The van der Waals surface area contributed by atoms with Gasteiger partial charge in [0.25, 0.3) is 0 Å². The van der Waals surface area contributed by atoms with Crippen LogP contribution in [0.15, 0.2) is 23.1 Å². The van der Waals surface area contributed by atoms with Crippen LogP contribution in [0.2, 0.25) is 0 Å². The van der Waals surface area contributed by atoms with Crippen molar-refractivity contribution in [3.63, 3.8) is 0 Å². The van der Waals surface area contributed by atoms with Crippen LogP contribution in [0.25, 0.3) is 0 Å². The first-order valence-electron chi connectivity index (χ1n) is 6.33. The lowest BCUT2D eigenvalue weighted by Crippen LogP contribution is -2.47. The third kappa shape index (κ3) is 4.24. The Balaban J connectivity index is 2.59. The first kappa shape index (κ1) is 16.5. The normalized spacial score (nSPS) is 10.9. The lowest BCUT2D eigenvalue weighted by Gasteiger charge is -2.26. The Kier molecular flexibility index (Phi) is 6.03. The van der Waals surface area contributed by atoms with E-state index in [9.17, 15) is 13.6 Å². The fourth-order valence-electron chi connectivity index (χ4n) is 1.69. The molecule has 0 fully saturated rings. The summed E-state index contributed by atoms with van der Waals surface area (Å²) in [6.07, 6.45) is 6.74. The van der Waals surface area contributed by atoms with Gasteiger partial charge in [0.2, 0.25) is 5.91 Å². The van der Waals surface area contributed by atoms with Gasteiger partial charge in [-0.25, -0.2) is 8.78 Å². The monoisotopic (exact) mass is 297 g/mol. The summed E-state index contributed by atoms with van der Waals surface area (Å²) in [6.45, 7) is 3.82. The molecular formula is C15H17F2NOS. The minimum atomic E-state index is -0.921. The Bertz CT molecular complexity index is 521. The molecule has 0 heterocycles. The third-order valence-corrected chi connectivity index (χ3v) is 4.12. The Morgan fingerprint density at radius 1 is 1.35 bits per heavy atom. The summed E-state index contributed by atoms with van der Waals surface area (Å²) >= 11 is 1.14. The second-order valence-electron chi connectivity index (χ2n) is 4.35. The predicted octanol–water partition coefficient (Wildman–Crippen LogP) is 3.37. The van der Waals surface area contributed by atoms with E-state index < -0.39 is 17.2 Å². The molecule has 0 aromatic heterocycles. The van der Waals surface area contributed by atoms with E-state index in [0.717, 1.165) is 23.9 Å².